The second-order valence-corrected chi connectivity index (χ2v) is 7.56. The zero-order valence-electron chi connectivity index (χ0n) is 16.0. The molecule has 1 heterocycles. The predicted molar refractivity (Wildman–Crippen MR) is 104 cm³/mol. The van der Waals surface area contributed by atoms with Crippen LogP contribution < -0.4 is 5.46 Å². The van der Waals surface area contributed by atoms with E-state index in [4.69, 9.17) is 20.6 Å². The van der Waals surface area contributed by atoms with Crippen LogP contribution in [-0.2, 0) is 20.7 Å². The van der Waals surface area contributed by atoms with Crippen molar-refractivity contribution in [2.45, 2.75) is 45.5 Å². The maximum atomic E-state index is 12.1. The molecule has 0 radical (unpaired) electrons. The Kier molecular flexibility index (Phi) is 5.10. The minimum absolute atomic E-state index is 0.174. The number of ether oxygens (including phenoxy) is 1. The zero-order valence-corrected chi connectivity index (χ0v) is 16.0. The molecule has 1 saturated heterocycles. The van der Waals surface area contributed by atoms with Gasteiger partial charge in [-0.2, -0.15) is 0 Å². The van der Waals surface area contributed by atoms with E-state index in [-0.39, 0.29) is 17.8 Å². The van der Waals surface area contributed by atoms with Gasteiger partial charge in [0.2, 0.25) is 0 Å². The SMILES string of the molecule is [C-]#[N+]c1ccc(C(=O)OCc2ccc(B3OC(C)(C)C(C)(C)O3)cc2)cc1. The van der Waals surface area contributed by atoms with Crippen molar-refractivity contribution in [3.63, 3.8) is 0 Å². The summed E-state index contributed by atoms with van der Waals surface area (Å²) in [4.78, 5) is 15.4. The molecule has 0 unspecified atom stereocenters. The van der Waals surface area contributed by atoms with E-state index in [1.165, 1.54) is 0 Å². The largest absolute Gasteiger partial charge is 0.494 e. The van der Waals surface area contributed by atoms with E-state index in [0.717, 1.165) is 11.0 Å². The van der Waals surface area contributed by atoms with Gasteiger partial charge in [0.05, 0.1) is 23.3 Å². The molecule has 1 aliphatic heterocycles. The van der Waals surface area contributed by atoms with Crippen LogP contribution in [0, 0.1) is 6.57 Å². The van der Waals surface area contributed by atoms with Gasteiger partial charge >= 0.3 is 13.1 Å². The van der Waals surface area contributed by atoms with Crippen LogP contribution in [0.1, 0.15) is 43.6 Å². The molecule has 2 aromatic rings. The molecular weight excluding hydrogens is 341 g/mol. The Morgan fingerprint density at radius 2 is 1.56 bits per heavy atom. The molecule has 0 bridgehead atoms. The van der Waals surface area contributed by atoms with Crippen LogP contribution >= 0.6 is 0 Å². The molecule has 0 N–H and O–H groups in total. The lowest BCUT2D eigenvalue weighted by atomic mass is 9.79. The molecule has 138 valence electrons. The van der Waals surface area contributed by atoms with Crippen molar-refractivity contribution in [3.05, 3.63) is 71.1 Å². The number of carbonyl (C=O) groups excluding carboxylic acids is 1. The van der Waals surface area contributed by atoms with E-state index in [0.29, 0.717) is 11.3 Å². The second kappa shape index (κ2) is 7.18. The molecule has 1 aliphatic rings. The molecule has 5 nitrogen and oxygen atoms in total. The standard InChI is InChI=1S/C21H22BNO4/c1-20(2)21(3,4)27-22(26-20)17-10-6-15(7-11-17)14-25-19(24)16-8-12-18(23-5)13-9-16/h6-13H,14H2,1-4H3. The fourth-order valence-electron chi connectivity index (χ4n) is 2.65. The van der Waals surface area contributed by atoms with E-state index in [1.807, 2.05) is 52.0 Å². The van der Waals surface area contributed by atoms with Crippen LogP contribution in [-0.4, -0.2) is 24.3 Å². The number of nitrogens with zero attached hydrogens (tertiary/aromatic N) is 1. The maximum absolute atomic E-state index is 12.1. The molecule has 2 aromatic carbocycles. The van der Waals surface area contributed by atoms with Gasteiger partial charge in [0, 0.05) is 0 Å². The van der Waals surface area contributed by atoms with Gasteiger partial charge in [0.1, 0.15) is 6.61 Å². The predicted octanol–water partition coefficient (Wildman–Crippen LogP) is 3.89. The van der Waals surface area contributed by atoms with E-state index < -0.39 is 13.1 Å². The summed E-state index contributed by atoms with van der Waals surface area (Å²) >= 11 is 0. The highest BCUT2D eigenvalue weighted by Gasteiger charge is 2.51. The first-order valence-corrected chi connectivity index (χ1v) is 8.81. The average Bonchev–Trinajstić information content (AvgIpc) is 2.87. The van der Waals surface area contributed by atoms with Crippen LogP contribution in [0.3, 0.4) is 0 Å². The first-order chi connectivity index (χ1) is 12.7. The van der Waals surface area contributed by atoms with Crippen molar-refractivity contribution in [1.29, 1.82) is 0 Å². The van der Waals surface area contributed by atoms with Gasteiger partial charge in [-0.3, -0.25) is 0 Å². The fraction of sp³-hybridized carbons (Fsp3) is 0.333. The van der Waals surface area contributed by atoms with Gasteiger partial charge in [-0.15, -0.1) is 0 Å². The van der Waals surface area contributed by atoms with Crippen LogP contribution in [0.5, 0.6) is 0 Å². The smallest absolute Gasteiger partial charge is 0.457 e. The Hall–Kier alpha value is -2.62. The van der Waals surface area contributed by atoms with Gasteiger partial charge in [-0.25, -0.2) is 9.64 Å². The molecule has 0 amide bonds. The second-order valence-electron chi connectivity index (χ2n) is 7.56. The van der Waals surface area contributed by atoms with Crippen molar-refractivity contribution in [2.75, 3.05) is 0 Å². The van der Waals surface area contributed by atoms with Crippen LogP contribution in [0.25, 0.3) is 4.85 Å². The summed E-state index contributed by atoms with van der Waals surface area (Å²) in [7, 11) is -0.410. The number of carbonyl (C=O) groups is 1. The lowest BCUT2D eigenvalue weighted by Gasteiger charge is -2.32. The van der Waals surface area contributed by atoms with Crippen LogP contribution in [0.2, 0.25) is 0 Å². The number of benzene rings is 2. The van der Waals surface area contributed by atoms with Gasteiger partial charge in [-0.1, -0.05) is 48.5 Å². The van der Waals surface area contributed by atoms with Crippen molar-refractivity contribution < 1.29 is 18.8 Å². The molecule has 0 saturated carbocycles. The van der Waals surface area contributed by atoms with Gasteiger partial charge in [-0.05, 0) is 38.7 Å². The molecule has 0 spiro atoms. The average molecular weight is 363 g/mol. The summed E-state index contributed by atoms with van der Waals surface area (Å²) in [5, 5.41) is 0. The first-order valence-electron chi connectivity index (χ1n) is 8.81. The van der Waals surface area contributed by atoms with Gasteiger partial charge in [0.15, 0.2) is 5.69 Å². The van der Waals surface area contributed by atoms with Crippen molar-refractivity contribution in [1.82, 2.24) is 0 Å². The molecule has 3 rings (SSSR count). The monoisotopic (exact) mass is 363 g/mol. The Morgan fingerprint density at radius 3 is 2.07 bits per heavy atom. The highest BCUT2D eigenvalue weighted by molar-refractivity contribution is 6.62. The Balaban J connectivity index is 1.60. The number of esters is 1. The number of hydrogen-bond donors (Lipinski definition) is 0. The topological polar surface area (TPSA) is 49.1 Å². The minimum Gasteiger partial charge on any atom is -0.457 e. The van der Waals surface area contributed by atoms with Crippen molar-refractivity contribution >= 4 is 24.2 Å². The van der Waals surface area contributed by atoms with Gasteiger partial charge < -0.3 is 14.0 Å². The van der Waals surface area contributed by atoms with E-state index in [1.54, 1.807) is 24.3 Å². The van der Waals surface area contributed by atoms with Crippen molar-refractivity contribution in [3.8, 4) is 0 Å². The van der Waals surface area contributed by atoms with E-state index >= 15 is 0 Å². The quantitative estimate of drug-likeness (QED) is 0.470. The third-order valence-electron chi connectivity index (χ3n) is 5.11. The molecular formula is C21H22BNO4. The molecule has 0 atom stereocenters. The van der Waals surface area contributed by atoms with Gasteiger partial charge in [0.25, 0.3) is 0 Å². The minimum atomic E-state index is -0.415. The summed E-state index contributed by atoms with van der Waals surface area (Å²) in [6.07, 6.45) is 0. The Labute approximate surface area is 160 Å². The molecule has 6 heteroatoms. The summed E-state index contributed by atoms with van der Waals surface area (Å²) in [6.45, 7) is 15.2. The lowest BCUT2D eigenvalue weighted by molar-refractivity contribution is 0.00578. The first kappa shape index (κ1) is 19.2. The van der Waals surface area contributed by atoms with Crippen LogP contribution in [0.15, 0.2) is 48.5 Å². The van der Waals surface area contributed by atoms with Crippen LogP contribution in [0.4, 0.5) is 5.69 Å². The Bertz CT molecular complexity index is 851. The molecule has 27 heavy (non-hydrogen) atoms. The zero-order chi connectivity index (χ0) is 19.7. The lowest BCUT2D eigenvalue weighted by Crippen LogP contribution is -2.41. The number of hydrogen-bond acceptors (Lipinski definition) is 4. The normalized spacial score (nSPS) is 17.4. The third-order valence-corrected chi connectivity index (χ3v) is 5.11. The maximum Gasteiger partial charge on any atom is 0.494 e. The highest BCUT2D eigenvalue weighted by atomic mass is 16.7. The van der Waals surface area contributed by atoms with E-state index in [2.05, 4.69) is 4.85 Å². The summed E-state index contributed by atoms with van der Waals surface area (Å²) < 4.78 is 17.4. The summed E-state index contributed by atoms with van der Waals surface area (Å²) in [5.74, 6) is -0.415. The molecule has 0 aromatic heterocycles. The van der Waals surface area contributed by atoms with E-state index in [9.17, 15) is 4.79 Å². The molecule has 1 fully saturated rings. The summed E-state index contributed by atoms with van der Waals surface area (Å²) in [6, 6.07) is 14.0. The highest BCUT2D eigenvalue weighted by Crippen LogP contribution is 2.36. The molecule has 0 aliphatic carbocycles. The van der Waals surface area contributed by atoms with Crippen molar-refractivity contribution in [2.24, 2.45) is 0 Å². The third kappa shape index (κ3) is 4.05. The summed E-state index contributed by atoms with van der Waals surface area (Å²) in [5.41, 5.74) is 1.96. The number of rotatable bonds is 4. The Morgan fingerprint density at radius 1 is 1.00 bits per heavy atom. The fourth-order valence-corrected chi connectivity index (χ4v) is 2.65.